The van der Waals surface area contributed by atoms with Crippen LogP contribution < -0.4 is 5.32 Å². The summed E-state index contributed by atoms with van der Waals surface area (Å²) in [5, 5.41) is 2.94. The van der Waals surface area contributed by atoms with Gasteiger partial charge in [-0.05, 0) is 18.6 Å². The summed E-state index contributed by atoms with van der Waals surface area (Å²) in [5.74, 6) is -0.290. The minimum atomic E-state index is -0.290. The molecule has 1 heterocycles. The second kappa shape index (κ2) is 3.54. The van der Waals surface area contributed by atoms with Crippen LogP contribution in [0.2, 0.25) is 0 Å². The molecule has 3 nitrogen and oxygen atoms in total. The minimum Gasteiger partial charge on any atom is -0.437 e. The summed E-state index contributed by atoms with van der Waals surface area (Å²) in [5.41, 5.74) is 1.50. The molecule has 1 aromatic carbocycles. The fourth-order valence-corrected chi connectivity index (χ4v) is 1.35. The van der Waals surface area contributed by atoms with Crippen LogP contribution in [0.3, 0.4) is 0 Å². The molecule has 3 heteroatoms. The number of esters is 1. The highest BCUT2D eigenvalue weighted by molar-refractivity contribution is 5.94. The lowest BCUT2D eigenvalue weighted by Gasteiger charge is -1.98. The van der Waals surface area contributed by atoms with Crippen molar-refractivity contribution in [2.24, 2.45) is 0 Å². The average molecular weight is 189 g/mol. The van der Waals surface area contributed by atoms with E-state index in [9.17, 15) is 4.79 Å². The van der Waals surface area contributed by atoms with Crippen LogP contribution in [0.4, 0.5) is 0 Å². The van der Waals surface area contributed by atoms with Crippen LogP contribution in [0.25, 0.3) is 6.08 Å². The largest absolute Gasteiger partial charge is 0.437 e. The van der Waals surface area contributed by atoms with Gasteiger partial charge in [-0.2, -0.15) is 0 Å². The van der Waals surface area contributed by atoms with Crippen molar-refractivity contribution in [2.75, 3.05) is 0 Å². The Bertz CT molecular complexity index is 370. The Labute approximate surface area is 82.4 Å². The smallest absolute Gasteiger partial charge is 0.356 e. The Balaban J connectivity index is 2.23. The molecular formula is C11H11NO2. The van der Waals surface area contributed by atoms with Gasteiger partial charge in [0.05, 0.1) is 0 Å². The van der Waals surface area contributed by atoms with Crippen LogP contribution in [0, 0.1) is 0 Å². The Hall–Kier alpha value is -1.77. The zero-order chi connectivity index (χ0) is 9.97. The molecule has 0 unspecified atom stereocenters. The third kappa shape index (κ3) is 1.76. The zero-order valence-electron chi connectivity index (χ0n) is 7.86. The number of hydrogen-bond acceptors (Lipinski definition) is 3. The number of rotatable bonds is 1. The first-order valence-electron chi connectivity index (χ1n) is 4.50. The number of ether oxygens (including phenoxy) is 1. The van der Waals surface area contributed by atoms with Gasteiger partial charge in [-0.15, -0.1) is 0 Å². The molecular weight excluding hydrogens is 178 g/mol. The van der Waals surface area contributed by atoms with E-state index in [0.717, 1.165) is 5.56 Å². The second-order valence-corrected chi connectivity index (χ2v) is 3.16. The molecule has 1 N–H and O–H groups in total. The predicted molar refractivity (Wildman–Crippen MR) is 53.1 cm³/mol. The highest BCUT2D eigenvalue weighted by Crippen LogP contribution is 2.12. The van der Waals surface area contributed by atoms with Gasteiger partial charge in [0.15, 0.2) is 6.23 Å². The van der Waals surface area contributed by atoms with E-state index in [1.54, 1.807) is 13.0 Å². The van der Waals surface area contributed by atoms with E-state index >= 15 is 0 Å². The first kappa shape index (κ1) is 8.81. The Morgan fingerprint density at radius 1 is 1.36 bits per heavy atom. The number of carbonyl (C=O) groups excluding carboxylic acids is 1. The summed E-state index contributed by atoms with van der Waals surface area (Å²) in [6.07, 6.45) is 1.56. The van der Waals surface area contributed by atoms with Crippen molar-refractivity contribution in [3.8, 4) is 0 Å². The maximum Gasteiger partial charge on any atom is 0.356 e. The quantitative estimate of drug-likeness (QED) is 0.537. The number of cyclic esters (lactones) is 1. The van der Waals surface area contributed by atoms with Crippen LogP contribution in [0.15, 0.2) is 36.0 Å². The van der Waals surface area contributed by atoms with Crippen molar-refractivity contribution < 1.29 is 9.53 Å². The highest BCUT2D eigenvalue weighted by Gasteiger charge is 2.23. The van der Waals surface area contributed by atoms with Crippen molar-refractivity contribution in [1.29, 1.82) is 0 Å². The summed E-state index contributed by atoms with van der Waals surface area (Å²) in [7, 11) is 0. The molecule has 1 aliphatic heterocycles. The van der Waals surface area contributed by atoms with Gasteiger partial charge < -0.3 is 10.1 Å². The lowest BCUT2D eigenvalue weighted by Crippen LogP contribution is -2.16. The van der Waals surface area contributed by atoms with Crippen LogP contribution in [-0.4, -0.2) is 12.2 Å². The van der Waals surface area contributed by atoms with E-state index in [1.165, 1.54) is 0 Å². The maximum absolute atomic E-state index is 11.2. The molecule has 0 radical (unpaired) electrons. The maximum atomic E-state index is 11.2. The van der Waals surface area contributed by atoms with Crippen LogP contribution in [-0.2, 0) is 9.53 Å². The van der Waals surface area contributed by atoms with Gasteiger partial charge in [0.1, 0.15) is 5.70 Å². The molecule has 1 fully saturated rings. The molecule has 0 aliphatic carbocycles. The lowest BCUT2D eigenvalue weighted by atomic mass is 10.2. The average Bonchev–Trinajstić information content (AvgIpc) is 2.47. The van der Waals surface area contributed by atoms with Crippen molar-refractivity contribution in [2.45, 2.75) is 13.2 Å². The third-order valence-corrected chi connectivity index (χ3v) is 1.97. The molecule has 1 atom stereocenters. The van der Waals surface area contributed by atoms with Gasteiger partial charge in [0, 0.05) is 0 Å². The second-order valence-electron chi connectivity index (χ2n) is 3.16. The van der Waals surface area contributed by atoms with E-state index in [-0.39, 0.29) is 12.2 Å². The Morgan fingerprint density at radius 2 is 2.07 bits per heavy atom. The molecule has 72 valence electrons. The molecule has 1 aliphatic rings. The van der Waals surface area contributed by atoms with Crippen molar-refractivity contribution in [1.82, 2.24) is 5.32 Å². The van der Waals surface area contributed by atoms with Gasteiger partial charge in [0.2, 0.25) is 0 Å². The van der Waals surface area contributed by atoms with Gasteiger partial charge in [-0.3, -0.25) is 0 Å². The number of nitrogens with one attached hydrogen (secondary N) is 1. The van der Waals surface area contributed by atoms with E-state index < -0.39 is 0 Å². The summed E-state index contributed by atoms with van der Waals surface area (Å²) < 4.78 is 4.93. The molecule has 1 saturated heterocycles. The molecule has 14 heavy (non-hydrogen) atoms. The minimum absolute atomic E-state index is 0.225. The van der Waals surface area contributed by atoms with Crippen LogP contribution in [0.5, 0.6) is 0 Å². The molecule has 2 rings (SSSR count). The Kier molecular flexibility index (Phi) is 2.23. The zero-order valence-corrected chi connectivity index (χ0v) is 7.86. The summed E-state index contributed by atoms with van der Waals surface area (Å²) >= 11 is 0. The fourth-order valence-electron chi connectivity index (χ4n) is 1.35. The molecule has 0 saturated carbocycles. The third-order valence-electron chi connectivity index (χ3n) is 1.97. The summed E-state index contributed by atoms with van der Waals surface area (Å²) in [6.45, 7) is 1.80. The van der Waals surface area contributed by atoms with E-state index in [1.807, 2.05) is 30.3 Å². The number of benzene rings is 1. The van der Waals surface area contributed by atoms with Crippen molar-refractivity contribution in [3.63, 3.8) is 0 Å². The summed E-state index contributed by atoms with van der Waals surface area (Å²) in [6, 6.07) is 9.66. The monoisotopic (exact) mass is 189 g/mol. The number of carbonyl (C=O) groups is 1. The van der Waals surface area contributed by atoms with Crippen molar-refractivity contribution >= 4 is 12.0 Å². The molecule has 0 spiro atoms. The lowest BCUT2D eigenvalue weighted by molar-refractivity contribution is -0.138. The van der Waals surface area contributed by atoms with E-state index in [2.05, 4.69) is 5.32 Å². The molecule has 1 aromatic rings. The van der Waals surface area contributed by atoms with Gasteiger partial charge in [-0.1, -0.05) is 30.3 Å². The van der Waals surface area contributed by atoms with Gasteiger partial charge in [0.25, 0.3) is 0 Å². The highest BCUT2D eigenvalue weighted by atomic mass is 16.6. The fraction of sp³-hybridized carbons (Fsp3) is 0.182. The SMILES string of the molecule is C[C@@H]1N/C(=C\c2ccccc2)C(=O)O1. The van der Waals surface area contributed by atoms with E-state index in [0.29, 0.717) is 5.70 Å². The van der Waals surface area contributed by atoms with Gasteiger partial charge >= 0.3 is 5.97 Å². The normalized spacial score (nSPS) is 23.4. The topological polar surface area (TPSA) is 38.3 Å². The van der Waals surface area contributed by atoms with E-state index in [4.69, 9.17) is 4.74 Å². The van der Waals surface area contributed by atoms with Gasteiger partial charge in [-0.25, -0.2) is 4.79 Å². The number of hydrogen-bond donors (Lipinski definition) is 1. The summed E-state index contributed by atoms with van der Waals surface area (Å²) in [4.78, 5) is 11.2. The first-order chi connectivity index (χ1) is 6.75. The predicted octanol–water partition coefficient (Wildman–Crippen LogP) is 1.52. The molecule has 0 bridgehead atoms. The van der Waals surface area contributed by atoms with Crippen LogP contribution in [0.1, 0.15) is 12.5 Å². The van der Waals surface area contributed by atoms with Crippen LogP contribution >= 0.6 is 0 Å². The Morgan fingerprint density at radius 3 is 2.64 bits per heavy atom. The molecule has 0 aromatic heterocycles. The first-order valence-corrected chi connectivity index (χ1v) is 4.50. The van der Waals surface area contributed by atoms with Crippen molar-refractivity contribution in [3.05, 3.63) is 41.6 Å². The molecule has 0 amide bonds. The standard InChI is InChI=1S/C11H11NO2/c1-8-12-10(11(13)14-8)7-9-5-3-2-4-6-9/h2-8,12H,1H3/b10-7-/t8-/m1/s1.